The number of aliphatic imine (C=N–C) groups is 1. The summed E-state index contributed by atoms with van der Waals surface area (Å²) in [6.45, 7) is 5.50. The molecule has 1 N–H and O–H groups in total. The Balaban J connectivity index is 0.00000289. The third-order valence-corrected chi connectivity index (χ3v) is 6.05. The van der Waals surface area contributed by atoms with Gasteiger partial charge in [0.2, 0.25) is 6.79 Å². The van der Waals surface area contributed by atoms with Crippen molar-refractivity contribution >= 4 is 29.9 Å². The van der Waals surface area contributed by atoms with Crippen molar-refractivity contribution < 1.29 is 22.6 Å². The van der Waals surface area contributed by atoms with Gasteiger partial charge in [-0.3, -0.25) is 14.8 Å². The zero-order valence-corrected chi connectivity index (χ0v) is 20.6. The minimum absolute atomic E-state index is 0. The number of ether oxygens (including phenoxy) is 2. The van der Waals surface area contributed by atoms with Crippen LogP contribution in [-0.2, 0) is 6.54 Å². The van der Waals surface area contributed by atoms with Gasteiger partial charge in [-0.15, -0.1) is 24.0 Å². The number of piperazine rings is 1. The molecule has 2 fully saturated rings. The molecule has 0 aliphatic carbocycles. The smallest absolute Gasteiger partial charge is 0.401 e. The lowest BCUT2D eigenvalue weighted by Crippen LogP contribution is -2.52. The highest BCUT2D eigenvalue weighted by molar-refractivity contribution is 14.0. The third kappa shape index (κ3) is 6.77. The van der Waals surface area contributed by atoms with E-state index >= 15 is 0 Å². The normalized spacial score (nSPS) is 22.2. The van der Waals surface area contributed by atoms with E-state index in [9.17, 15) is 13.2 Å². The molecule has 1 aromatic rings. The number of benzene rings is 1. The summed E-state index contributed by atoms with van der Waals surface area (Å²) in [5.41, 5.74) is 1.20. The van der Waals surface area contributed by atoms with Crippen LogP contribution in [0.1, 0.15) is 12.0 Å². The van der Waals surface area contributed by atoms with Crippen molar-refractivity contribution in [2.75, 3.05) is 66.2 Å². The Kier molecular flexibility index (Phi) is 8.73. The summed E-state index contributed by atoms with van der Waals surface area (Å²) < 4.78 is 48.6. The van der Waals surface area contributed by atoms with Crippen LogP contribution >= 0.6 is 24.0 Å². The second-order valence-corrected chi connectivity index (χ2v) is 8.38. The van der Waals surface area contributed by atoms with Crippen molar-refractivity contribution in [2.45, 2.75) is 19.1 Å². The molecular formula is C21H31F3IN5O2. The molecule has 1 atom stereocenters. The summed E-state index contributed by atoms with van der Waals surface area (Å²) in [4.78, 5) is 10.5. The first-order valence-corrected chi connectivity index (χ1v) is 10.8. The number of likely N-dealkylation sites (tertiary alicyclic amines) is 1. The highest BCUT2D eigenvalue weighted by atomic mass is 127. The largest absolute Gasteiger partial charge is 0.454 e. The van der Waals surface area contributed by atoms with Gasteiger partial charge in [0, 0.05) is 52.9 Å². The molecule has 180 valence electrons. The number of nitrogens with one attached hydrogen (secondary N) is 1. The van der Waals surface area contributed by atoms with Gasteiger partial charge in [0.15, 0.2) is 17.5 Å². The van der Waals surface area contributed by atoms with Crippen LogP contribution in [0.25, 0.3) is 0 Å². The van der Waals surface area contributed by atoms with Crippen LogP contribution in [0.5, 0.6) is 11.5 Å². The van der Waals surface area contributed by atoms with E-state index in [1.54, 1.807) is 7.05 Å². The fraction of sp³-hybridized carbons (Fsp3) is 0.667. The van der Waals surface area contributed by atoms with E-state index in [0.717, 1.165) is 56.6 Å². The predicted molar refractivity (Wildman–Crippen MR) is 127 cm³/mol. The van der Waals surface area contributed by atoms with Crippen molar-refractivity contribution in [3.8, 4) is 11.5 Å². The molecule has 32 heavy (non-hydrogen) atoms. The summed E-state index contributed by atoms with van der Waals surface area (Å²) in [5, 5.41) is 3.38. The van der Waals surface area contributed by atoms with Crippen molar-refractivity contribution in [3.05, 3.63) is 23.8 Å². The standard InChI is InChI=1S/C21H30F3N5O2.HI/c1-25-20(26-11-17-4-5-28(13-17)14-21(22,23)24)29-8-6-27(7-9-29)12-16-2-3-18-19(10-16)31-15-30-18;/h2-3,10,17H,4-9,11-15H2,1H3,(H,25,26);1H. The van der Waals surface area contributed by atoms with Gasteiger partial charge in [-0.25, -0.2) is 0 Å². The van der Waals surface area contributed by atoms with E-state index in [1.807, 2.05) is 12.1 Å². The molecule has 3 aliphatic rings. The summed E-state index contributed by atoms with van der Waals surface area (Å²) in [6.07, 6.45) is -3.35. The summed E-state index contributed by atoms with van der Waals surface area (Å²) in [6, 6.07) is 6.07. The molecule has 0 radical (unpaired) electrons. The Morgan fingerprint density at radius 1 is 1.09 bits per heavy atom. The van der Waals surface area contributed by atoms with Gasteiger partial charge in [0.05, 0.1) is 6.54 Å². The Hall–Kier alpha value is -1.47. The Morgan fingerprint density at radius 2 is 1.84 bits per heavy atom. The second-order valence-electron chi connectivity index (χ2n) is 8.38. The number of nitrogens with zero attached hydrogens (tertiary/aromatic N) is 4. The van der Waals surface area contributed by atoms with Crippen LogP contribution in [0.15, 0.2) is 23.2 Å². The van der Waals surface area contributed by atoms with E-state index < -0.39 is 12.7 Å². The summed E-state index contributed by atoms with van der Waals surface area (Å²) >= 11 is 0. The lowest BCUT2D eigenvalue weighted by Gasteiger charge is -2.36. The van der Waals surface area contributed by atoms with Gasteiger partial charge in [0.25, 0.3) is 0 Å². The van der Waals surface area contributed by atoms with Crippen molar-refractivity contribution in [3.63, 3.8) is 0 Å². The maximum absolute atomic E-state index is 12.6. The number of hydrogen-bond donors (Lipinski definition) is 1. The lowest BCUT2D eigenvalue weighted by molar-refractivity contribution is -0.143. The fourth-order valence-corrected chi connectivity index (χ4v) is 4.46. The van der Waals surface area contributed by atoms with E-state index in [4.69, 9.17) is 9.47 Å². The molecule has 7 nitrogen and oxygen atoms in total. The molecule has 11 heteroatoms. The number of alkyl halides is 3. The number of fused-ring (bicyclic) bond motifs is 1. The molecule has 0 aromatic heterocycles. The minimum atomic E-state index is -4.13. The number of hydrogen-bond acceptors (Lipinski definition) is 5. The van der Waals surface area contributed by atoms with Gasteiger partial charge in [-0.1, -0.05) is 6.07 Å². The first-order chi connectivity index (χ1) is 14.9. The van der Waals surface area contributed by atoms with Crippen LogP contribution in [0.3, 0.4) is 0 Å². The SMILES string of the molecule is CN=C(NCC1CCN(CC(F)(F)F)C1)N1CCN(Cc2ccc3c(c2)OCO3)CC1.I. The van der Waals surface area contributed by atoms with E-state index in [0.29, 0.717) is 19.6 Å². The highest BCUT2D eigenvalue weighted by Crippen LogP contribution is 2.32. The number of halogens is 4. The number of guanidine groups is 1. The van der Waals surface area contributed by atoms with Gasteiger partial charge in [-0.2, -0.15) is 13.2 Å². The molecule has 3 aliphatic heterocycles. The minimum Gasteiger partial charge on any atom is -0.454 e. The van der Waals surface area contributed by atoms with Crippen molar-refractivity contribution in [2.24, 2.45) is 10.9 Å². The fourth-order valence-electron chi connectivity index (χ4n) is 4.46. The zero-order valence-electron chi connectivity index (χ0n) is 18.2. The maximum Gasteiger partial charge on any atom is 0.401 e. The predicted octanol–water partition coefficient (Wildman–Crippen LogP) is 2.61. The quantitative estimate of drug-likeness (QED) is 0.335. The highest BCUT2D eigenvalue weighted by Gasteiger charge is 2.34. The molecule has 0 saturated carbocycles. The van der Waals surface area contributed by atoms with Crippen LogP contribution in [0.2, 0.25) is 0 Å². The Bertz CT molecular complexity index is 787. The van der Waals surface area contributed by atoms with Crippen LogP contribution in [0.4, 0.5) is 13.2 Å². The summed E-state index contributed by atoms with van der Waals surface area (Å²) in [5.74, 6) is 2.65. The third-order valence-electron chi connectivity index (χ3n) is 6.05. The lowest BCUT2D eigenvalue weighted by atomic mass is 10.1. The molecule has 3 heterocycles. The van der Waals surface area contributed by atoms with Gasteiger partial charge in [0.1, 0.15) is 0 Å². The summed E-state index contributed by atoms with van der Waals surface area (Å²) in [7, 11) is 1.76. The van der Waals surface area contributed by atoms with Crippen molar-refractivity contribution in [1.29, 1.82) is 0 Å². The van der Waals surface area contributed by atoms with Crippen molar-refractivity contribution in [1.82, 2.24) is 20.0 Å². The first kappa shape index (κ1) is 25.2. The van der Waals surface area contributed by atoms with Gasteiger partial charge >= 0.3 is 6.18 Å². The molecule has 4 rings (SSSR count). The molecule has 0 spiro atoms. The van der Waals surface area contributed by atoms with Crippen LogP contribution in [-0.4, -0.2) is 93.0 Å². The van der Waals surface area contributed by atoms with Gasteiger partial charge in [-0.05, 0) is 36.6 Å². The molecule has 1 aromatic carbocycles. The van der Waals surface area contributed by atoms with E-state index in [2.05, 4.69) is 26.2 Å². The van der Waals surface area contributed by atoms with Crippen LogP contribution < -0.4 is 14.8 Å². The topological polar surface area (TPSA) is 52.6 Å². The Labute approximate surface area is 203 Å². The number of rotatable bonds is 5. The molecule has 2 saturated heterocycles. The monoisotopic (exact) mass is 569 g/mol. The molecule has 1 unspecified atom stereocenters. The average molecular weight is 569 g/mol. The average Bonchev–Trinajstić information content (AvgIpc) is 3.37. The Morgan fingerprint density at radius 3 is 2.56 bits per heavy atom. The first-order valence-electron chi connectivity index (χ1n) is 10.8. The zero-order chi connectivity index (χ0) is 21.8. The molecular weight excluding hydrogens is 538 g/mol. The maximum atomic E-state index is 12.6. The van der Waals surface area contributed by atoms with Gasteiger partial charge < -0.3 is 19.7 Å². The van der Waals surface area contributed by atoms with E-state index in [1.165, 1.54) is 10.5 Å². The van der Waals surface area contributed by atoms with Crippen LogP contribution in [0, 0.1) is 5.92 Å². The van der Waals surface area contributed by atoms with E-state index in [-0.39, 0.29) is 36.7 Å². The molecule has 0 amide bonds. The molecule has 0 bridgehead atoms. The second kappa shape index (κ2) is 11.1.